The molecule has 3 rings (SSSR count). The number of carbonyl (C=O) groups is 1. The minimum atomic E-state index is -0.353. The molecular formula is C21H25FN2O2. The van der Waals surface area contributed by atoms with Gasteiger partial charge in [-0.1, -0.05) is 36.8 Å². The zero-order valence-corrected chi connectivity index (χ0v) is 14.8. The average molecular weight is 356 g/mol. The molecule has 2 aromatic carbocycles. The van der Waals surface area contributed by atoms with E-state index in [-0.39, 0.29) is 30.4 Å². The van der Waals surface area contributed by atoms with Crippen molar-refractivity contribution in [2.24, 2.45) is 0 Å². The fraction of sp³-hybridized carbons (Fsp3) is 0.381. The van der Waals surface area contributed by atoms with Crippen LogP contribution in [0.5, 0.6) is 0 Å². The van der Waals surface area contributed by atoms with E-state index in [4.69, 9.17) is 0 Å². The molecule has 138 valence electrons. The Morgan fingerprint density at radius 2 is 1.88 bits per heavy atom. The van der Waals surface area contributed by atoms with Crippen molar-refractivity contribution in [3.8, 4) is 0 Å². The molecule has 1 aliphatic rings. The fourth-order valence-corrected chi connectivity index (χ4v) is 3.64. The normalized spacial score (nSPS) is 19.1. The molecule has 1 fully saturated rings. The summed E-state index contributed by atoms with van der Waals surface area (Å²) in [5.74, 6) is -0.551. The number of amides is 1. The minimum absolute atomic E-state index is 0.0480. The Morgan fingerprint density at radius 3 is 2.58 bits per heavy atom. The maximum Gasteiger partial charge on any atom is 0.251 e. The van der Waals surface area contributed by atoms with Gasteiger partial charge in [-0.15, -0.1) is 0 Å². The highest BCUT2D eigenvalue weighted by atomic mass is 19.1. The van der Waals surface area contributed by atoms with E-state index >= 15 is 0 Å². The van der Waals surface area contributed by atoms with Gasteiger partial charge < -0.3 is 10.4 Å². The van der Waals surface area contributed by atoms with E-state index in [0.717, 1.165) is 31.4 Å². The van der Waals surface area contributed by atoms with E-state index in [0.29, 0.717) is 12.1 Å². The summed E-state index contributed by atoms with van der Waals surface area (Å²) in [4.78, 5) is 14.6. The van der Waals surface area contributed by atoms with Crippen LogP contribution >= 0.6 is 0 Å². The topological polar surface area (TPSA) is 52.6 Å². The minimum Gasteiger partial charge on any atom is -0.394 e. The van der Waals surface area contributed by atoms with Crippen LogP contribution in [0, 0.1) is 5.82 Å². The number of nitrogens with one attached hydrogen (secondary N) is 1. The van der Waals surface area contributed by atoms with Crippen molar-refractivity contribution in [3.63, 3.8) is 0 Å². The Bertz CT molecular complexity index is 706. The van der Waals surface area contributed by atoms with Crippen molar-refractivity contribution >= 4 is 5.91 Å². The average Bonchev–Trinajstić information content (AvgIpc) is 2.69. The Balaban J connectivity index is 1.66. The quantitative estimate of drug-likeness (QED) is 0.836. The largest absolute Gasteiger partial charge is 0.394 e. The molecule has 5 heteroatoms. The standard InChI is InChI=1S/C21H25FN2O2/c22-18-11-9-17(10-12-18)21(26)23-14-19-8-4-5-13-24(19)20(15-25)16-6-2-1-3-7-16/h1-3,6-7,9-12,19-20,25H,4-5,8,13-15H2,(H,23,26). The van der Waals surface area contributed by atoms with Crippen LogP contribution in [0.3, 0.4) is 0 Å². The third kappa shape index (κ3) is 4.48. The molecule has 1 saturated heterocycles. The van der Waals surface area contributed by atoms with Crippen LogP contribution in [0.2, 0.25) is 0 Å². The van der Waals surface area contributed by atoms with E-state index in [1.807, 2.05) is 30.3 Å². The van der Waals surface area contributed by atoms with E-state index in [2.05, 4.69) is 10.2 Å². The molecule has 2 N–H and O–H groups in total. The smallest absolute Gasteiger partial charge is 0.251 e. The monoisotopic (exact) mass is 356 g/mol. The van der Waals surface area contributed by atoms with E-state index in [1.54, 1.807) is 0 Å². The summed E-state index contributed by atoms with van der Waals surface area (Å²) in [5.41, 5.74) is 1.54. The first-order valence-corrected chi connectivity index (χ1v) is 9.14. The lowest BCUT2D eigenvalue weighted by atomic mass is 9.96. The van der Waals surface area contributed by atoms with Crippen LogP contribution in [-0.2, 0) is 0 Å². The fourth-order valence-electron chi connectivity index (χ4n) is 3.64. The predicted octanol–water partition coefficient (Wildman–Crippen LogP) is 3.14. The molecule has 0 spiro atoms. The maximum absolute atomic E-state index is 13.0. The molecule has 1 heterocycles. The lowest BCUT2D eigenvalue weighted by Crippen LogP contribution is -2.49. The summed E-state index contributed by atoms with van der Waals surface area (Å²) in [6, 6.07) is 15.7. The first kappa shape index (κ1) is 18.5. The van der Waals surface area contributed by atoms with Crippen LogP contribution in [0.15, 0.2) is 54.6 Å². The van der Waals surface area contributed by atoms with Crippen molar-refractivity contribution in [2.75, 3.05) is 19.7 Å². The van der Waals surface area contributed by atoms with Gasteiger partial charge >= 0.3 is 0 Å². The van der Waals surface area contributed by atoms with Gasteiger partial charge in [0.05, 0.1) is 12.6 Å². The molecule has 1 aliphatic heterocycles. The molecule has 0 saturated carbocycles. The first-order valence-electron chi connectivity index (χ1n) is 9.14. The number of nitrogens with zero attached hydrogens (tertiary/aromatic N) is 1. The summed E-state index contributed by atoms with van der Waals surface area (Å²) >= 11 is 0. The van der Waals surface area contributed by atoms with Crippen molar-refractivity contribution in [2.45, 2.75) is 31.3 Å². The van der Waals surface area contributed by atoms with Crippen molar-refractivity contribution in [1.82, 2.24) is 10.2 Å². The molecule has 0 bridgehead atoms. The number of likely N-dealkylation sites (tertiary alicyclic amines) is 1. The lowest BCUT2D eigenvalue weighted by Gasteiger charge is -2.41. The van der Waals surface area contributed by atoms with E-state index in [9.17, 15) is 14.3 Å². The van der Waals surface area contributed by atoms with Gasteiger partial charge in [-0.3, -0.25) is 9.69 Å². The van der Waals surface area contributed by atoms with Crippen LogP contribution < -0.4 is 5.32 Å². The Hall–Kier alpha value is -2.24. The summed E-state index contributed by atoms with van der Waals surface area (Å²) < 4.78 is 13.0. The second kappa shape index (κ2) is 8.92. The van der Waals surface area contributed by atoms with Crippen molar-refractivity contribution in [1.29, 1.82) is 0 Å². The van der Waals surface area contributed by atoms with Crippen molar-refractivity contribution in [3.05, 3.63) is 71.5 Å². The summed E-state index contributed by atoms with van der Waals surface area (Å²) in [6.45, 7) is 1.46. The SMILES string of the molecule is O=C(NCC1CCCCN1C(CO)c1ccccc1)c1ccc(F)cc1. The van der Waals surface area contributed by atoms with Gasteiger partial charge in [-0.25, -0.2) is 4.39 Å². The third-order valence-electron chi connectivity index (χ3n) is 5.03. The zero-order valence-electron chi connectivity index (χ0n) is 14.8. The number of carbonyl (C=O) groups excluding carboxylic acids is 1. The van der Waals surface area contributed by atoms with Gasteiger partial charge in [-0.05, 0) is 49.2 Å². The number of hydrogen-bond acceptors (Lipinski definition) is 3. The molecule has 2 aromatic rings. The number of piperidine rings is 1. The zero-order chi connectivity index (χ0) is 18.4. The van der Waals surface area contributed by atoms with Crippen LogP contribution in [0.1, 0.15) is 41.2 Å². The summed E-state index contributed by atoms with van der Waals surface area (Å²) in [5, 5.41) is 12.9. The number of rotatable bonds is 6. The molecule has 2 atom stereocenters. The van der Waals surface area contributed by atoms with Gasteiger partial charge in [0, 0.05) is 18.2 Å². The van der Waals surface area contributed by atoms with Crippen molar-refractivity contribution < 1.29 is 14.3 Å². The number of benzene rings is 2. The van der Waals surface area contributed by atoms with Gasteiger partial charge in [0.2, 0.25) is 0 Å². The van der Waals surface area contributed by atoms with Gasteiger partial charge in [0.25, 0.3) is 5.91 Å². The van der Waals surface area contributed by atoms with Crippen LogP contribution in [-0.4, -0.2) is 41.7 Å². The second-order valence-electron chi connectivity index (χ2n) is 6.71. The summed E-state index contributed by atoms with van der Waals surface area (Å²) in [7, 11) is 0. The van der Waals surface area contributed by atoms with Crippen LogP contribution in [0.25, 0.3) is 0 Å². The molecule has 1 amide bonds. The molecular weight excluding hydrogens is 331 g/mol. The Morgan fingerprint density at radius 1 is 1.15 bits per heavy atom. The number of halogens is 1. The maximum atomic E-state index is 13.0. The third-order valence-corrected chi connectivity index (χ3v) is 5.03. The molecule has 0 aliphatic carbocycles. The Labute approximate surface area is 153 Å². The van der Waals surface area contributed by atoms with E-state index < -0.39 is 0 Å². The van der Waals surface area contributed by atoms with Gasteiger partial charge in [-0.2, -0.15) is 0 Å². The lowest BCUT2D eigenvalue weighted by molar-refractivity contribution is 0.0545. The molecule has 4 nitrogen and oxygen atoms in total. The highest BCUT2D eigenvalue weighted by Gasteiger charge is 2.29. The highest BCUT2D eigenvalue weighted by Crippen LogP contribution is 2.28. The van der Waals surface area contributed by atoms with E-state index in [1.165, 1.54) is 24.3 Å². The Kier molecular flexibility index (Phi) is 6.36. The molecule has 26 heavy (non-hydrogen) atoms. The molecule has 0 aromatic heterocycles. The van der Waals surface area contributed by atoms with Gasteiger partial charge in [0.1, 0.15) is 5.82 Å². The number of aliphatic hydroxyl groups excluding tert-OH is 1. The second-order valence-corrected chi connectivity index (χ2v) is 6.71. The first-order chi connectivity index (χ1) is 12.7. The summed E-state index contributed by atoms with van der Waals surface area (Å²) in [6.07, 6.45) is 3.18. The predicted molar refractivity (Wildman–Crippen MR) is 99.3 cm³/mol. The molecule has 0 radical (unpaired) electrons. The number of hydrogen-bond donors (Lipinski definition) is 2. The number of aliphatic hydroxyl groups is 1. The highest BCUT2D eigenvalue weighted by molar-refractivity contribution is 5.94. The molecule has 2 unspecified atom stereocenters. The van der Waals surface area contributed by atoms with Gasteiger partial charge in [0.15, 0.2) is 0 Å². The van der Waals surface area contributed by atoms with Crippen LogP contribution in [0.4, 0.5) is 4.39 Å².